The van der Waals surface area contributed by atoms with Crippen LogP contribution in [0.4, 0.5) is 16.0 Å². The SMILES string of the molecule is Nc1cnc(N2CCN(CCCC(=O)c3ccc(F)cc3)CC2)nc1. The Bertz CT molecular complexity index is 696. The van der Waals surface area contributed by atoms with E-state index < -0.39 is 0 Å². The average molecular weight is 343 g/mol. The number of hydrogen-bond donors (Lipinski definition) is 1. The quantitative estimate of drug-likeness (QED) is 0.809. The fraction of sp³-hybridized carbons (Fsp3) is 0.389. The zero-order chi connectivity index (χ0) is 17.6. The lowest BCUT2D eigenvalue weighted by molar-refractivity contribution is 0.0974. The number of ketones is 1. The highest BCUT2D eigenvalue weighted by molar-refractivity contribution is 5.95. The largest absolute Gasteiger partial charge is 0.396 e. The number of hydrogen-bond acceptors (Lipinski definition) is 6. The first kappa shape index (κ1) is 17.3. The lowest BCUT2D eigenvalue weighted by Crippen LogP contribution is -2.47. The van der Waals surface area contributed by atoms with Crippen LogP contribution in [0.2, 0.25) is 0 Å². The maximum absolute atomic E-state index is 12.9. The molecule has 0 radical (unpaired) electrons. The Morgan fingerprint density at radius 3 is 2.36 bits per heavy atom. The molecule has 0 aliphatic carbocycles. The van der Waals surface area contributed by atoms with Gasteiger partial charge >= 0.3 is 0 Å². The van der Waals surface area contributed by atoms with Gasteiger partial charge in [-0.2, -0.15) is 0 Å². The van der Waals surface area contributed by atoms with Crippen molar-refractivity contribution in [3.8, 4) is 0 Å². The van der Waals surface area contributed by atoms with Crippen LogP contribution >= 0.6 is 0 Å². The summed E-state index contributed by atoms with van der Waals surface area (Å²) in [6.07, 6.45) is 4.52. The number of rotatable bonds is 6. The van der Waals surface area contributed by atoms with Gasteiger partial charge in [0.2, 0.25) is 5.95 Å². The number of benzene rings is 1. The first-order valence-corrected chi connectivity index (χ1v) is 8.45. The minimum Gasteiger partial charge on any atom is -0.396 e. The Labute approximate surface area is 146 Å². The predicted molar refractivity (Wildman–Crippen MR) is 95.1 cm³/mol. The number of carbonyl (C=O) groups excluding carboxylic acids is 1. The molecular formula is C18H22FN5O. The standard InChI is InChI=1S/C18H22FN5O/c19-15-5-3-14(4-6-15)17(25)2-1-7-23-8-10-24(11-9-23)18-21-12-16(20)13-22-18/h3-6,12-13H,1-2,7-11,20H2. The van der Waals surface area contributed by atoms with Crippen molar-refractivity contribution in [3.05, 3.63) is 48.0 Å². The molecule has 1 aliphatic rings. The van der Waals surface area contributed by atoms with E-state index in [0.29, 0.717) is 23.6 Å². The van der Waals surface area contributed by atoms with Crippen LogP contribution in [0.15, 0.2) is 36.7 Å². The summed E-state index contributed by atoms with van der Waals surface area (Å²) in [6, 6.07) is 5.74. The van der Waals surface area contributed by atoms with Crippen LogP contribution in [0.1, 0.15) is 23.2 Å². The maximum atomic E-state index is 12.9. The van der Waals surface area contributed by atoms with Gasteiger partial charge in [0.15, 0.2) is 5.78 Å². The number of nitrogen functional groups attached to an aromatic ring is 1. The van der Waals surface area contributed by atoms with Crippen LogP contribution in [0, 0.1) is 5.82 Å². The van der Waals surface area contributed by atoms with Gasteiger partial charge in [0.05, 0.1) is 18.1 Å². The van der Waals surface area contributed by atoms with Crippen LogP contribution < -0.4 is 10.6 Å². The molecule has 0 bridgehead atoms. The summed E-state index contributed by atoms with van der Waals surface area (Å²) >= 11 is 0. The number of nitrogens with two attached hydrogens (primary N) is 1. The van der Waals surface area contributed by atoms with Gasteiger partial charge < -0.3 is 10.6 Å². The second kappa shape index (κ2) is 8.02. The molecule has 2 aromatic rings. The summed E-state index contributed by atoms with van der Waals surface area (Å²) in [4.78, 5) is 25.1. The third kappa shape index (κ3) is 4.73. The van der Waals surface area contributed by atoms with E-state index in [1.54, 1.807) is 24.5 Å². The Balaban J connectivity index is 1.40. The minimum atomic E-state index is -0.320. The average Bonchev–Trinajstić information content (AvgIpc) is 2.63. The van der Waals surface area contributed by atoms with Gasteiger partial charge in [-0.15, -0.1) is 0 Å². The fourth-order valence-corrected chi connectivity index (χ4v) is 2.91. The number of Topliss-reactive ketones (excluding diaryl/α,β-unsaturated/α-hetero) is 1. The van der Waals surface area contributed by atoms with Gasteiger partial charge in [-0.3, -0.25) is 9.69 Å². The van der Waals surface area contributed by atoms with Crippen molar-refractivity contribution in [2.45, 2.75) is 12.8 Å². The normalized spacial score (nSPS) is 15.3. The van der Waals surface area contributed by atoms with Crippen molar-refractivity contribution in [2.24, 2.45) is 0 Å². The molecule has 2 heterocycles. The molecule has 3 rings (SSSR count). The van der Waals surface area contributed by atoms with E-state index in [-0.39, 0.29) is 11.6 Å². The Morgan fingerprint density at radius 1 is 1.08 bits per heavy atom. The van der Waals surface area contributed by atoms with Crippen molar-refractivity contribution < 1.29 is 9.18 Å². The molecule has 7 heteroatoms. The van der Waals surface area contributed by atoms with Gasteiger partial charge in [0, 0.05) is 38.2 Å². The van der Waals surface area contributed by atoms with Gasteiger partial charge in [0.25, 0.3) is 0 Å². The van der Waals surface area contributed by atoms with E-state index in [9.17, 15) is 9.18 Å². The lowest BCUT2D eigenvalue weighted by Gasteiger charge is -2.34. The van der Waals surface area contributed by atoms with E-state index in [1.807, 2.05) is 0 Å². The molecule has 1 aromatic heterocycles. The number of piperazine rings is 1. The smallest absolute Gasteiger partial charge is 0.225 e. The Hall–Kier alpha value is -2.54. The first-order chi connectivity index (χ1) is 12.1. The lowest BCUT2D eigenvalue weighted by atomic mass is 10.1. The topological polar surface area (TPSA) is 75.3 Å². The molecule has 1 aromatic carbocycles. The number of nitrogens with zero attached hydrogens (tertiary/aromatic N) is 4. The first-order valence-electron chi connectivity index (χ1n) is 8.45. The van der Waals surface area contributed by atoms with E-state index in [2.05, 4.69) is 19.8 Å². The van der Waals surface area contributed by atoms with Crippen LogP contribution in [0.25, 0.3) is 0 Å². The van der Waals surface area contributed by atoms with Crippen molar-refractivity contribution >= 4 is 17.4 Å². The van der Waals surface area contributed by atoms with Crippen molar-refractivity contribution in [2.75, 3.05) is 43.4 Å². The van der Waals surface area contributed by atoms with Crippen molar-refractivity contribution in [1.82, 2.24) is 14.9 Å². The van der Waals surface area contributed by atoms with E-state index in [4.69, 9.17) is 5.73 Å². The second-order valence-corrected chi connectivity index (χ2v) is 6.18. The highest BCUT2D eigenvalue weighted by Crippen LogP contribution is 2.13. The van der Waals surface area contributed by atoms with E-state index in [1.165, 1.54) is 12.1 Å². The zero-order valence-corrected chi connectivity index (χ0v) is 14.1. The van der Waals surface area contributed by atoms with Crippen molar-refractivity contribution in [1.29, 1.82) is 0 Å². The van der Waals surface area contributed by atoms with E-state index in [0.717, 1.165) is 39.1 Å². The second-order valence-electron chi connectivity index (χ2n) is 6.18. The Kier molecular flexibility index (Phi) is 5.55. The number of aromatic nitrogens is 2. The number of carbonyl (C=O) groups is 1. The number of anilines is 2. The molecule has 0 unspecified atom stereocenters. The van der Waals surface area contributed by atoms with Gasteiger partial charge in [-0.25, -0.2) is 14.4 Å². The van der Waals surface area contributed by atoms with E-state index >= 15 is 0 Å². The third-order valence-corrected chi connectivity index (χ3v) is 4.36. The monoisotopic (exact) mass is 343 g/mol. The van der Waals surface area contributed by atoms with Crippen LogP contribution in [-0.4, -0.2) is 53.4 Å². The molecule has 25 heavy (non-hydrogen) atoms. The molecule has 2 N–H and O–H groups in total. The molecule has 0 saturated carbocycles. The summed E-state index contributed by atoms with van der Waals surface area (Å²) < 4.78 is 12.9. The highest BCUT2D eigenvalue weighted by atomic mass is 19.1. The van der Waals surface area contributed by atoms with Gasteiger partial charge in [0.1, 0.15) is 5.82 Å². The summed E-state index contributed by atoms with van der Waals surface area (Å²) in [7, 11) is 0. The summed E-state index contributed by atoms with van der Waals surface area (Å²) in [5.74, 6) is 0.453. The maximum Gasteiger partial charge on any atom is 0.225 e. The predicted octanol–water partition coefficient (Wildman–Crippen LogP) is 1.98. The summed E-state index contributed by atoms with van der Waals surface area (Å²) in [6.45, 7) is 4.42. The minimum absolute atomic E-state index is 0.0638. The molecule has 0 amide bonds. The molecule has 0 spiro atoms. The molecule has 0 atom stereocenters. The third-order valence-electron chi connectivity index (χ3n) is 4.36. The fourth-order valence-electron chi connectivity index (χ4n) is 2.91. The summed E-state index contributed by atoms with van der Waals surface area (Å²) in [5.41, 5.74) is 6.75. The molecular weight excluding hydrogens is 321 g/mol. The van der Waals surface area contributed by atoms with Crippen LogP contribution in [-0.2, 0) is 0 Å². The zero-order valence-electron chi connectivity index (χ0n) is 14.1. The molecule has 1 saturated heterocycles. The molecule has 6 nitrogen and oxygen atoms in total. The molecule has 1 fully saturated rings. The Morgan fingerprint density at radius 2 is 1.72 bits per heavy atom. The summed E-state index contributed by atoms with van der Waals surface area (Å²) in [5, 5.41) is 0. The van der Waals surface area contributed by atoms with Crippen LogP contribution in [0.5, 0.6) is 0 Å². The molecule has 1 aliphatic heterocycles. The van der Waals surface area contributed by atoms with Gasteiger partial charge in [-0.1, -0.05) is 0 Å². The van der Waals surface area contributed by atoms with Crippen LogP contribution in [0.3, 0.4) is 0 Å². The van der Waals surface area contributed by atoms with Gasteiger partial charge in [-0.05, 0) is 37.2 Å². The highest BCUT2D eigenvalue weighted by Gasteiger charge is 2.18. The number of halogens is 1. The molecule has 132 valence electrons. The van der Waals surface area contributed by atoms with Crippen molar-refractivity contribution in [3.63, 3.8) is 0 Å².